The minimum Gasteiger partial charge on any atom is -0.351 e. The molecule has 2 unspecified atom stereocenters. The number of carbonyl (C=O) groups is 1. The van der Waals surface area contributed by atoms with Crippen molar-refractivity contribution in [3.8, 4) is 0 Å². The molecule has 2 rings (SSSR count). The van der Waals surface area contributed by atoms with E-state index in [9.17, 15) is 9.00 Å². The maximum absolute atomic E-state index is 11.5. The van der Waals surface area contributed by atoms with E-state index >= 15 is 0 Å². The van der Waals surface area contributed by atoms with Crippen LogP contribution in [0.2, 0.25) is 0 Å². The Morgan fingerprint density at radius 3 is 2.69 bits per heavy atom. The van der Waals surface area contributed by atoms with Crippen LogP contribution in [0.25, 0.3) is 0 Å². The molecule has 0 bridgehead atoms. The highest BCUT2D eigenvalue weighted by atomic mass is 32.2. The van der Waals surface area contributed by atoms with Crippen molar-refractivity contribution in [3.63, 3.8) is 0 Å². The molecule has 1 aliphatic rings. The van der Waals surface area contributed by atoms with Crippen LogP contribution in [0.3, 0.4) is 0 Å². The van der Waals surface area contributed by atoms with E-state index in [1.165, 1.54) is 0 Å². The number of primary amides is 1. The van der Waals surface area contributed by atoms with Crippen LogP contribution >= 0.6 is 0 Å². The van der Waals surface area contributed by atoms with Crippen LogP contribution in [0.1, 0.15) is 11.6 Å². The van der Waals surface area contributed by atoms with E-state index in [1.54, 1.807) is 4.90 Å². The molecule has 2 N–H and O–H groups in total. The lowest BCUT2D eigenvalue weighted by molar-refractivity contribution is 0.191. The lowest BCUT2D eigenvalue weighted by atomic mass is 10.1. The van der Waals surface area contributed by atoms with Gasteiger partial charge in [0.1, 0.15) is 0 Å². The zero-order valence-corrected chi connectivity index (χ0v) is 9.65. The minimum absolute atomic E-state index is 0.145. The number of nitrogens with two attached hydrogens (primary N) is 1. The fourth-order valence-corrected chi connectivity index (χ4v) is 3.21. The second kappa shape index (κ2) is 4.65. The van der Waals surface area contributed by atoms with Crippen LogP contribution in [0.4, 0.5) is 4.79 Å². The maximum atomic E-state index is 11.5. The molecule has 1 saturated heterocycles. The highest BCUT2D eigenvalue weighted by Gasteiger charge is 2.29. The van der Waals surface area contributed by atoms with Crippen molar-refractivity contribution in [3.05, 3.63) is 35.9 Å². The summed E-state index contributed by atoms with van der Waals surface area (Å²) >= 11 is 0. The van der Waals surface area contributed by atoms with E-state index in [0.29, 0.717) is 18.1 Å². The smallest absolute Gasteiger partial charge is 0.315 e. The van der Waals surface area contributed by atoms with Crippen LogP contribution in [0, 0.1) is 0 Å². The van der Waals surface area contributed by atoms with Gasteiger partial charge in [-0.25, -0.2) is 4.79 Å². The van der Waals surface area contributed by atoms with E-state index in [-0.39, 0.29) is 6.04 Å². The Labute approximate surface area is 96.9 Å². The molecule has 1 aromatic carbocycles. The summed E-state index contributed by atoms with van der Waals surface area (Å²) in [4.78, 5) is 12.9. The van der Waals surface area contributed by atoms with Gasteiger partial charge in [0.05, 0.1) is 6.04 Å². The molecule has 2 amide bonds. The summed E-state index contributed by atoms with van der Waals surface area (Å²) in [5.41, 5.74) is 6.32. The predicted octanol–water partition coefficient (Wildman–Crippen LogP) is 0.871. The molecule has 1 aliphatic heterocycles. The average molecular weight is 238 g/mol. The van der Waals surface area contributed by atoms with Crippen LogP contribution in [-0.4, -0.2) is 33.2 Å². The fraction of sp³-hybridized carbons (Fsp3) is 0.364. The molecule has 0 spiro atoms. The summed E-state index contributed by atoms with van der Waals surface area (Å²) in [5, 5.41) is 0. The maximum Gasteiger partial charge on any atom is 0.315 e. The topological polar surface area (TPSA) is 63.4 Å². The molecule has 1 fully saturated rings. The number of benzene rings is 1. The quantitative estimate of drug-likeness (QED) is 0.789. The molecule has 2 atom stereocenters. The zero-order chi connectivity index (χ0) is 11.5. The van der Waals surface area contributed by atoms with E-state index in [1.807, 2.05) is 30.3 Å². The number of carbonyl (C=O) groups excluding carboxylic acids is 1. The number of hydrogen-bond donors (Lipinski definition) is 1. The summed E-state index contributed by atoms with van der Waals surface area (Å²) in [6.45, 7) is 0.474. The molecule has 0 radical (unpaired) electrons. The normalized spacial score (nSPS) is 25.4. The molecule has 0 aromatic heterocycles. The molecule has 4 nitrogen and oxygen atoms in total. The molecule has 0 aliphatic carbocycles. The lowest BCUT2D eigenvalue weighted by Gasteiger charge is -2.34. The SMILES string of the molecule is NC(=O)N1CCS(=O)CC1c1ccccc1. The van der Waals surface area contributed by atoms with Crippen molar-refractivity contribution >= 4 is 16.8 Å². The third kappa shape index (κ3) is 2.24. The second-order valence-electron chi connectivity index (χ2n) is 3.77. The predicted molar refractivity (Wildman–Crippen MR) is 63.3 cm³/mol. The van der Waals surface area contributed by atoms with Gasteiger partial charge >= 0.3 is 6.03 Å². The summed E-state index contributed by atoms with van der Waals surface area (Å²) < 4.78 is 11.5. The van der Waals surface area contributed by atoms with Gasteiger partial charge in [0.15, 0.2) is 0 Å². The molecule has 16 heavy (non-hydrogen) atoms. The minimum atomic E-state index is -0.857. The Kier molecular flexibility index (Phi) is 3.24. The fourth-order valence-electron chi connectivity index (χ4n) is 1.92. The van der Waals surface area contributed by atoms with E-state index in [4.69, 9.17) is 5.73 Å². The van der Waals surface area contributed by atoms with Crippen molar-refractivity contribution in [1.82, 2.24) is 4.90 Å². The van der Waals surface area contributed by atoms with Gasteiger partial charge in [0.2, 0.25) is 0 Å². The van der Waals surface area contributed by atoms with Crippen LogP contribution in [0.15, 0.2) is 30.3 Å². The Bertz CT molecular complexity index is 408. The van der Waals surface area contributed by atoms with Gasteiger partial charge in [-0.05, 0) is 5.56 Å². The first-order valence-electron chi connectivity index (χ1n) is 5.14. The van der Waals surface area contributed by atoms with Gasteiger partial charge in [-0.15, -0.1) is 0 Å². The van der Waals surface area contributed by atoms with E-state index < -0.39 is 16.8 Å². The highest BCUT2D eigenvalue weighted by molar-refractivity contribution is 7.85. The monoisotopic (exact) mass is 238 g/mol. The number of urea groups is 1. The van der Waals surface area contributed by atoms with Crippen molar-refractivity contribution in [2.75, 3.05) is 18.1 Å². The molecular formula is C11H14N2O2S. The van der Waals surface area contributed by atoms with Gasteiger partial charge in [-0.3, -0.25) is 4.21 Å². The number of rotatable bonds is 1. The molecule has 86 valence electrons. The third-order valence-electron chi connectivity index (χ3n) is 2.75. The summed E-state index contributed by atoms with van der Waals surface area (Å²) in [5.74, 6) is 0.999. The molecule has 0 saturated carbocycles. The summed E-state index contributed by atoms with van der Waals surface area (Å²) in [6.07, 6.45) is 0. The summed E-state index contributed by atoms with van der Waals surface area (Å²) in [6, 6.07) is 9.02. The number of hydrogen-bond acceptors (Lipinski definition) is 2. The second-order valence-corrected chi connectivity index (χ2v) is 5.39. The van der Waals surface area contributed by atoms with Gasteiger partial charge in [-0.1, -0.05) is 30.3 Å². The summed E-state index contributed by atoms with van der Waals surface area (Å²) in [7, 11) is -0.857. The molecular weight excluding hydrogens is 224 g/mol. The van der Waals surface area contributed by atoms with Crippen molar-refractivity contribution in [2.24, 2.45) is 5.73 Å². The van der Waals surface area contributed by atoms with Crippen LogP contribution in [0.5, 0.6) is 0 Å². The standard InChI is InChI=1S/C11H14N2O2S/c12-11(14)13-6-7-16(15)8-10(13)9-4-2-1-3-5-9/h1-5,10H,6-8H2,(H2,12,14). The Balaban J connectivity index is 2.27. The zero-order valence-electron chi connectivity index (χ0n) is 8.83. The van der Waals surface area contributed by atoms with Gasteiger partial charge in [0, 0.05) is 28.9 Å². The Hall–Kier alpha value is -1.36. The largest absolute Gasteiger partial charge is 0.351 e. The highest BCUT2D eigenvalue weighted by Crippen LogP contribution is 2.24. The van der Waals surface area contributed by atoms with Gasteiger partial charge in [-0.2, -0.15) is 0 Å². The Morgan fingerprint density at radius 2 is 2.06 bits per heavy atom. The van der Waals surface area contributed by atoms with E-state index in [2.05, 4.69) is 0 Å². The third-order valence-corrected chi connectivity index (χ3v) is 4.07. The van der Waals surface area contributed by atoms with Crippen molar-refractivity contribution < 1.29 is 9.00 Å². The van der Waals surface area contributed by atoms with Crippen molar-refractivity contribution in [2.45, 2.75) is 6.04 Å². The van der Waals surface area contributed by atoms with Gasteiger partial charge < -0.3 is 10.6 Å². The van der Waals surface area contributed by atoms with Crippen LogP contribution < -0.4 is 5.73 Å². The average Bonchev–Trinajstić information content (AvgIpc) is 2.29. The van der Waals surface area contributed by atoms with Crippen LogP contribution in [-0.2, 0) is 10.8 Å². The lowest BCUT2D eigenvalue weighted by Crippen LogP contribution is -2.46. The molecule has 1 aromatic rings. The van der Waals surface area contributed by atoms with Gasteiger partial charge in [0.25, 0.3) is 0 Å². The first-order chi connectivity index (χ1) is 7.68. The molecule has 1 heterocycles. The van der Waals surface area contributed by atoms with E-state index in [0.717, 1.165) is 5.56 Å². The first kappa shape index (κ1) is 11.1. The number of nitrogens with zero attached hydrogens (tertiary/aromatic N) is 1. The number of amides is 2. The molecule has 5 heteroatoms. The Morgan fingerprint density at radius 1 is 1.38 bits per heavy atom. The first-order valence-corrected chi connectivity index (χ1v) is 6.63. The van der Waals surface area contributed by atoms with Crippen molar-refractivity contribution in [1.29, 1.82) is 0 Å².